The molecular weight excluding hydrogens is 388 g/mol. The predicted molar refractivity (Wildman–Crippen MR) is 113 cm³/mol. The second-order valence-corrected chi connectivity index (χ2v) is 6.88. The first kappa shape index (κ1) is 20.6. The molecule has 2 aromatic heterocycles. The fraction of sp³-hybridized carbons (Fsp3) is 0.227. The summed E-state index contributed by atoms with van der Waals surface area (Å²) in [6.45, 7) is 1.81. The van der Waals surface area contributed by atoms with Gasteiger partial charge in [0.05, 0.1) is 18.1 Å². The summed E-state index contributed by atoms with van der Waals surface area (Å²) in [5, 5.41) is 0.433. The lowest BCUT2D eigenvalue weighted by Crippen LogP contribution is -2.25. The average Bonchev–Trinajstić information content (AvgIpc) is 2.77. The van der Waals surface area contributed by atoms with Gasteiger partial charge in [0.15, 0.2) is 11.6 Å². The van der Waals surface area contributed by atoms with Crippen LogP contribution in [0, 0.1) is 0 Å². The highest BCUT2D eigenvalue weighted by Crippen LogP contribution is 2.20. The Morgan fingerprint density at radius 3 is 2.34 bits per heavy atom. The summed E-state index contributed by atoms with van der Waals surface area (Å²) in [6.07, 6.45) is 6.18. The minimum Gasteiger partial charge on any atom is -0.313 e. The summed E-state index contributed by atoms with van der Waals surface area (Å²) in [5.74, 6) is 0.566. The number of anilines is 1. The van der Waals surface area contributed by atoms with E-state index in [9.17, 15) is 9.59 Å². The van der Waals surface area contributed by atoms with E-state index in [0.717, 1.165) is 11.1 Å². The molecule has 3 aromatic rings. The number of carbonyl (C=O) groups excluding carboxylic acids is 2. The fourth-order valence-electron chi connectivity index (χ4n) is 2.83. The van der Waals surface area contributed by atoms with Crippen LogP contribution in [0.2, 0.25) is 5.15 Å². The zero-order valence-electron chi connectivity index (χ0n) is 16.3. The van der Waals surface area contributed by atoms with Crippen LogP contribution in [0.3, 0.4) is 0 Å². The standard InChI is InChI=1S/C22H21ClN4O2/c1-3-20(29)27(2)18-13-25-22(26-14-18)17-8-6-15(7-9-17)19(28)11-10-16-5-4-12-24-21(16)23/h4-9,12-14H,3,10-11H2,1-2H3. The van der Waals surface area contributed by atoms with Gasteiger partial charge in [0.25, 0.3) is 0 Å². The molecule has 1 amide bonds. The molecule has 3 rings (SSSR count). The lowest BCUT2D eigenvalue weighted by atomic mass is 10.0. The summed E-state index contributed by atoms with van der Waals surface area (Å²) in [5.41, 5.74) is 2.92. The maximum Gasteiger partial charge on any atom is 0.226 e. The minimum atomic E-state index is -0.00298. The largest absolute Gasteiger partial charge is 0.313 e. The zero-order chi connectivity index (χ0) is 20.8. The number of hydrogen-bond donors (Lipinski definition) is 0. The van der Waals surface area contributed by atoms with Crippen LogP contribution >= 0.6 is 11.6 Å². The highest BCUT2D eigenvalue weighted by molar-refractivity contribution is 6.30. The number of Topliss-reactive ketones (excluding diaryl/α,β-unsaturated/α-hetero) is 1. The van der Waals surface area contributed by atoms with Crippen molar-refractivity contribution in [1.29, 1.82) is 0 Å². The maximum absolute atomic E-state index is 12.5. The molecule has 6 nitrogen and oxygen atoms in total. The summed E-state index contributed by atoms with van der Waals surface area (Å²) in [7, 11) is 1.70. The summed E-state index contributed by atoms with van der Waals surface area (Å²) in [4.78, 5) is 38.4. The van der Waals surface area contributed by atoms with Crippen LogP contribution in [0.5, 0.6) is 0 Å². The van der Waals surface area contributed by atoms with Gasteiger partial charge in [-0.05, 0) is 18.1 Å². The predicted octanol–water partition coefficient (Wildman–Crippen LogP) is 4.38. The maximum atomic E-state index is 12.5. The lowest BCUT2D eigenvalue weighted by molar-refractivity contribution is -0.118. The van der Waals surface area contributed by atoms with Gasteiger partial charge in [-0.15, -0.1) is 0 Å². The number of halogens is 1. The molecule has 0 saturated carbocycles. The number of amides is 1. The Labute approximate surface area is 174 Å². The molecule has 0 bridgehead atoms. The molecule has 0 unspecified atom stereocenters. The number of carbonyl (C=O) groups is 2. The summed E-state index contributed by atoms with van der Waals surface area (Å²) < 4.78 is 0. The van der Waals surface area contributed by atoms with Crippen LogP contribution in [0.1, 0.15) is 35.7 Å². The number of aryl methyl sites for hydroxylation is 1. The van der Waals surface area contributed by atoms with E-state index in [4.69, 9.17) is 11.6 Å². The van der Waals surface area contributed by atoms with Crippen LogP contribution in [0.25, 0.3) is 11.4 Å². The van der Waals surface area contributed by atoms with Crippen LogP contribution < -0.4 is 4.90 Å². The van der Waals surface area contributed by atoms with Gasteiger partial charge >= 0.3 is 0 Å². The third-order valence-corrected chi connectivity index (χ3v) is 4.97. The molecule has 148 valence electrons. The number of pyridine rings is 1. The number of benzene rings is 1. The molecule has 7 heteroatoms. The van der Waals surface area contributed by atoms with Crippen molar-refractivity contribution in [1.82, 2.24) is 15.0 Å². The Morgan fingerprint density at radius 2 is 1.72 bits per heavy atom. The van der Waals surface area contributed by atoms with Crippen LogP contribution in [0.15, 0.2) is 55.0 Å². The van der Waals surface area contributed by atoms with Crippen molar-refractivity contribution in [3.05, 3.63) is 71.3 Å². The molecule has 0 radical (unpaired) electrons. The molecule has 0 atom stereocenters. The first-order chi connectivity index (χ1) is 14.0. The second kappa shape index (κ2) is 9.39. The Morgan fingerprint density at radius 1 is 1.03 bits per heavy atom. The second-order valence-electron chi connectivity index (χ2n) is 6.53. The van der Waals surface area contributed by atoms with Crippen molar-refractivity contribution < 1.29 is 9.59 Å². The Bertz CT molecular complexity index is 1000. The van der Waals surface area contributed by atoms with Gasteiger partial charge in [0.2, 0.25) is 5.91 Å². The van der Waals surface area contributed by atoms with Crippen LogP contribution in [-0.2, 0) is 11.2 Å². The summed E-state index contributed by atoms with van der Waals surface area (Å²) >= 11 is 6.04. The first-order valence-electron chi connectivity index (χ1n) is 9.31. The number of hydrogen-bond acceptors (Lipinski definition) is 5. The minimum absolute atomic E-state index is 0.00298. The van der Waals surface area contributed by atoms with Crippen LogP contribution in [-0.4, -0.2) is 33.7 Å². The molecule has 0 aliphatic heterocycles. The van der Waals surface area contributed by atoms with Gasteiger partial charge in [0, 0.05) is 37.2 Å². The van der Waals surface area contributed by atoms with Crippen molar-refractivity contribution in [3.8, 4) is 11.4 Å². The quantitative estimate of drug-likeness (QED) is 0.428. The summed E-state index contributed by atoms with van der Waals surface area (Å²) in [6, 6.07) is 10.9. The van der Waals surface area contributed by atoms with Crippen LogP contribution in [0.4, 0.5) is 5.69 Å². The Kier molecular flexibility index (Phi) is 6.67. The SMILES string of the molecule is CCC(=O)N(C)c1cnc(-c2ccc(C(=O)CCc3cccnc3Cl)cc2)nc1. The Balaban J connectivity index is 1.66. The van der Waals surface area contributed by atoms with E-state index < -0.39 is 0 Å². The van der Waals surface area contributed by atoms with Crippen molar-refractivity contribution in [2.24, 2.45) is 0 Å². The molecule has 0 aliphatic rings. The molecule has 0 saturated heterocycles. The topological polar surface area (TPSA) is 76.1 Å². The fourth-order valence-corrected chi connectivity index (χ4v) is 3.04. The molecule has 0 N–H and O–H groups in total. The van der Waals surface area contributed by atoms with Gasteiger partial charge < -0.3 is 4.90 Å². The number of nitrogens with zero attached hydrogens (tertiary/aromatic N) is 4. The third kappa shape index (κ3) is 5.03. The molecule has 0 fully saturated rings. The third-order valence-electron chi connectivity index (χ3n) is 4.62. The normalized spacial score (nSPS) is 10.6. The molecule has 1 aromatic carbocycles. The van der Waals surface area contributed by atoms with E-state index in [0.29, 0.717) is 41.5 Å². The zero-order valence-corrected chi connectivity index (χ0v) is 17.1. The van der Waals surface area contributed by atoms with E-state index in [1.807, 2.05) is 31.2 Å². The van der Waals surface area contributed by atoms with E-state index >= 15 is 0 Å². The van der Waals surface area contributed by atoms with E-state index in [1.165, 1.54) is 4.90 Å². The lowest BCUT2D eigenvalue weighted by Gasteiger charge is -2.15. The number of ketones is 1. The van der Waals surface area contributed by atoms with Gasteiger partial charge in [-0.1, -0.05) is 48.9 Å². The van der Waals surface area contributed by atoms with Crippen molar-refractivity contribution in [2.45, 2.75) is 26.2 Å². The number of aromatic nitrogens is 3. The van der Waals surface area contributed by atoms with Crippen molar-refractivity contribution >= 4 is 29.0 Å². The van der Waals surface area contributed by atoms with Gasteiger partial charge in [-0.2, -0.15) is 0 Å². The molecule has 0 aliphatic carbocycles. The number of rotatable bonds is 7. The van der Waals surface area contributed by atoms with Crippen molar-refractivity contribution in [3.63, 3.8) is 0 Å². The van der Waals surface area contributed by atoms with E-state index in [1.54, 1.807) is 37.8 Å². The van der Waals surface area contributed by atoms with Gasteiger partial charge in [-0.3, -0.25) is 9.59 Å². The van der Waals surface area contributed by atoms with Gasteiger partial charge in [0.1, 0.15) is 5.15 Å². The monoisotopic (exact) mass is 408 g/mol. The Hall–Kier alpha value is -3.12. The molecular formula is C22H21ClN4O2. The smallest absolute Gasteiger partial charge is 0.226 e. The molecule has 2 heterocycles. The highest BCUT2D eigenvalue weighted by Gasteiger charge is 2.12. The van der Waals surface area contributed by atoms with E-state index in [2.05, 4.69) is 15.0 Å². The molecule has 0 spiro atoms. The first-order valence-corrected chi connectivity index (χ1v) is 9.69. The van der Waals surface area contributed by atoms with E-state index in [-0.39, 0.29) is 11.7 Å². The van der Waals surface area contributed by atoms with Gasteiger partial charge in [-0.25, -0.2) is 15.0 Å². The van der Waals surface area contributed by atoms with Crippen molar-refractivity contribution in [2.75, 3.05) is 11.9 Å². The average molecular weight is 409 g/mol. The highest BCUT2D eigenvalue weighted by atomic mass is 35.5. The molecule has 29 heavy (non-hydrogen) atoms.